The van der Waals surface area contributed by atoms with Crippen molar-refractivity contribution >= 4 is 23.3 Å². The molecule has 0 saturated carbocycles. The van der Waals surface area contributed by atoms with Crippen molar-refractivity contribution in [2.45, 2.75) is 45.3 Å². The molecule has 1 aromatic heterocycles. The third-order valence-electron chi connectivity index (χ3n) is 3.72. The molecule has 22 heavy (non-hydrogen) atoms. The monoisotopic (exact) mass is 324 g/mol. The summed E-state index contributed by atoms with van der Waals surface area (Å²) in [6.07, 6.45) is 1.30. The van der Waals surface area contributed by atoms with Crippen molar-refractivity contribution in [1.82, 2.24) is 9.80 Å². The first-order valence-corrected chi connectivity index (χ1v) is 8.44. The van der Waals surface area contributed by atoms with Gasteiger partial charge in [-0.1, -0.05) is 6.07 Å². The second-order valence-corrected chi connectivity index (χ2v) is 7.54. The normalized spacial score (nSPS) is 16.5. The predicted molar refractivity (Wildman–Crippen MR) is 87.2 cm³/mol. The molecule has 2 rings (SSSR count). The molecular weight excluding hydrogens is 300 g/mol. The maximum Gasteiger partial charge on any atom is 0.410 e. The number of amides is 2. The molecule has 0 atom stereocenters. The molecule has 1 fully saturated rings. The van der Waals surface area contributed by atoms with Crippen LogP contribution in [0.15, 0.2) is 17.5 Å². The lowest BCUT2D eigenvalue weighted by Gasteiger charge is -2.37. The first-order valence-electron chi connectivity index (χ1n) is 7.56. The van der Waals surface area contributed by atoms with Crippen LogP contribution in [0.4, 0.5) is 4.79 Å². The zero-order valence-corrected chi connectivity index (χ0v) is 14.5. The number of ether oxygens (including phenoxy) is 1. The molecular formula is C16H24N2O3S. The molecule has 0 aromatic carbocycles. The van der Waals surface area contributed by atoms with E-state index in [-0.39, 0.29) is 18.0 Å². The lowest BCUT2D eigenvalue weighted by Crippen LogP contribution is -2.48. The van der Waals surface area contributed by atoms with Crippen molar-refractivity contribution in [3.63, 3.8) is 0 Å². The van der Waals surface area contributed by atoms with Gasteiger partial charge in [-0.3, -0.25) is 4.79 Å². The summed E-state index contributed by atoms with van der Waals surface area (Å²) in [7, 11) is 1.84. The molecule has 0 bridgehead atoms. The molecule has 1 aliphatic rings. The number of thiophene rings is 1. The molecule has 1 aliphatic heterocycles. The summed E-state index contributed by atoms with van der Waals surface area (Å²) < 4.78 is 5.39. The van der Waals surface area contributed by atoms with Crippen LogP contribution in [0.3, 0.4) is 0 Å². The van der Waals surface area contributed by atoms with Gasteiger partial charge >= 0.3 is 6.09 Å². The van der Waals surface area contributed by atoms with Crippen LogP contribution < -0.4 is 0 Å². The fourth-order valence-corrected chi connectivity index (χ4v) is 3.21. The highest BCUT2D eigenvalue weighted by Crippen LogP contribution is 2.21. The summed E-state index contributed by atoms with van der Waals surface area (Å²) in [6, 6.07) is 3.91. The van der Waals surface area contributed by atoms with Gasteiger partial charge in [-0.15, -0.1) is 11.3 Å². The zero-order valence-electron chi connectivity index (χ0n) is 13.7. The second-order valence-electron chi connectivity index (χ2n) is 6.59. The van der Waals surface area contributed by atoms with E-state index < -0.39 is 5.60 Å². The SMILES string of the molecule is CN(C(=O)c1cccs1)C1CCN(C(=O)OC(C)(C)C)CC1. The van der Waals surface area contributed by atoms with Crippen molar-refractivity contribution < 1.29 is 14.3 Å². The van der Waals surface area contributed by atoms with Crippen LogP contribution in [0.25, 0.3) is 0 Å². The minimum absolute atomic E-state index is 0.0609. The number of carbonyl (C=O) groups is 2. The van der Waals surface area contributed by atoms with Gasteiger partial charge in [0.2, 0.25) is 0 Å². The van der Waals surface area contributed by atoms with Crippen LogP contribution in [-0.4, -0.2) is 53.6 Å². The molecule has 1 aromatic rings. The van der Waals surface area contributed by atoms with Crippen LogP contribution in [0.1, 0.15) is 43.3 Å². The summed E-state index contributed by atoms with van der Waals surface area (Å²) in [6.45, 7) is 6.85. The molecule has 0 spiro atoms. The van der Waals surface area contributed by atoms with E-state index in [2.05, 4.69) is 0 Å². The molecule has 5 nitrogen and oxygen atoms in total. The Morgan fingerprint density at radius 2 is 1.95 bits per heavy atom. The number of nitrogens with zero attached hydrogens (tertiary/aromatic N) is 2. The van der Waals surface area contributed by atoms with Gasteiger partial charge in [-0.05, 0) is 45.1 Å². The Labute approximate surface area is 135 Å². The fourth-order valence-electron chi connectivity index (χ4n) is 2.50. The molecule has 122 valence electrons. The number of piperidine rings is 1. The van der Waals surface area contributed by atoms with Gasteiger partial charge in [0.15, 0.2) is 0 Å². The average molecular weight is 324 g/mol. The Balaban J connectivity index is 1.86. The first-order chi connectivity index (χ1) is 10.3. The van der Waals surface area contributed by atoms with Crippen LogP contribution in [0.2, 0.25) is 0 Å². The van der Waals surface area contributed by atoms with Crippen LogP contribution in [0, 0.1) is 0 Å². The third-order valence-corrected chi connectivity index (χ3v) is 4.57. The van der Waals surface area contributed by atoms with E-state index >= 15 is 0 Å². The smallest absolute Gasteiger partial charge is 0.410 e. The van der Waals surface area contributed by atoms with E-state index in [4.69, 9.17) is 4.74 Å². The van der Waals surface area contributed by atoms with E-state index in [0.29, 0.717) is 13.1 Å². The van der Waals surface area contributed by atoms with Crippen LogP contribution >= 0.6 is 11.3 Å². The van der Waals surface area contributed by atoms with E-state index in [9.17, 15) is 9.59 Å². The number of hydrogen-bond acceptors (Lipinski definition) is 4. The summed E-state index contributed by atoms with van der Waals surface area (Å²) in [5, 5.41) is 1.91. The van der Waals surface area contributed by atoms with Gasteiger partial charge < -0.3 is 14.5 Å². The molecule has 0 N–H and O–H groups in total. The minimum atomic E-state index is -0.472. The number of likely N-dealkylation sites (tertiary alicyclic amines) is 1. The molecule has 0 unspecified atom stereocenters. The van der Waals surface area contributed by atoms with Gasteiger partial charge in [0, 0.05) is 26.2 Å². The topological polar surface area (TPSA) is 49.9 Å². The number of hydrogen-bond donors (Lipinski definition) is 0. The molecule has 1 saturated heterocycles. The molecule has 6 heteroatoms. The highest BCUT2D eigenvalue weighted by molar-refractivity contribution is 7.12. The van der Waals surface area contributed by atoms with Crippen molar-refractivity contribution in [2.75, 3.05) is 20.1 Å². The highest BCUT2D eigenvalue weighted by Gasteiger charge is 2.30. The zero-order chi connectivity index (χ0) is 16.3. The highest BCUT2D eigenvalue weighted by atomic mass is 32.1. The maximum atomic E-state index is 12.3. The molecule has 2 amide bonds. The summed E-state index contributed by atoms with van der Waals surface area (Å²) in [5.74, 6) is 0.0609. The number of rotatable bonds is 2. The predicted octanol–water partition coefficient (Wildman–Crippen LogP) is 3.22. The second kappa shape index (κ2) is 6.69. The Bertz CT molecular complexity index is 514. The maximum absolute atomic E-state index is 12.3. The summed E-state index contributed by atoms with van der Waals surface area (Å²) >= 11 is 1.46. The van der Waals surface area contributed by atoms with Crippen LogP contribution in [0.5, 0.6) is 0 Å². The van der Waals surface area contributed by atoms with Crippen LogP contribution in [-0.2, 0) is 4.74 Å². The summed E-state index contributed by atoms with van der Waals surface area (Å²) in [5.41, 5.74) is -0.472. The van der Waals surface area contributed by atoms with Gasteiger partial charge in [0.25, 0.3) is 5.91 Å². The Morgan fingerprint density at radius 1 is 1.32 bits per heavy atom. The van der Waals surface area contributed by atoms with E-state index in [1.54, 1.807) is 9.80 Å². The van der Waals surface area contributed by atoms with E-state index in [1.165, 1.54) is 11.3 Å². The Hall–Kier alpha value is -1.56. The van der Waals surface area contributed by atoms with Crippen molar-refractivity contribution in [3.8, 4) is 0 Å². The minimum Gasteiger partial charge on any atom is -0.444 e. The lowest BCUT2D eigenvalue weighted by atomic mass is 10.0. The first kappa shape index (κ1) is 16.8. The van der Waals surface area contributed by atoms with Gasteiger partial charge in [0.05, 0.1) is 4.88 Å². The Kier molecular flexibility index (Phi) is 5.11. The van der Waals surface area contributed by atoms with E-state index in [0.717, 1.165) is 17.7 Å². The van der Waals surface area contributed by atoms with E-state index in [1.807, 2.05) is 45.3 Å². The van der Waals surface area contributed by atoms with Gasteiger partial charge in [0.1, 0.15) is 5.60 Å². The van der Waals surface area contributed by atoms with Crippen molar-refractivity contribution in [3.05, 3.63) is 22.4 Å². The lowest BCUT2D eigenvalue weighted by molar-refractivity contribution is 0.0160. The Morgan fingerprint density at radius 3 is 2.45 bits per heavy atom. The van der Waals surface area contributed by atoms with Gasteiger partial charge in [-0.2, -0.15) is 0 Å². The molecule has 0 aliphatic carbocycles. The number of carbonyl (C=O) groups excluding carboxylic acids is 2. The van der Waals surface area contributed by atoms with Crippen molar-refractivity contribution in [1.29, 1.82) is 0 Å². The largest absolute Gasteiger partial charge is 0.444 e. The summed E-state index contributed by atoms with van der Waals surface area (Å²) in [4.78, 5) is 28.7. The quantitative estimate of drug-likeness (QED) is 0.839. The molecule has 0 radical (unpaired) electrons. The standard InChI is InChI=1S/C16H24N2O3S/c1-16(2,3)21-15(20)18-9-7-12(8-10-18)17(4)14(19)13-6-5-11-22-13/h5-6,11-12H,7-10H2,1-4H3. The average Bonchev–Trinajstić information content (AvgIpc) is 2.98. The fraction of sp³-hybridized carbons (Fsp3) is 0.625. The van der Waals surface area contributed by atoms with Crippen molar-refractivity contribution in [2.24, 2.45) is 0 Å². The molecule has 2 heterocycles. The third kappa shape index (κ3) is 4.22. The van der Waals surface area contributed by atoms with Gasteiger partial charge in [-0.25, -0.2) is 4.79 Å².